The van der Waals surface area contributed by atoms with Crippen LogP contribution in [-0.4, -0.2) is 5.17 Å². The van der Waals surface area contributed by atoms with Gasteiger partial charge >= 0.3 is 0 Å². The number of aliphatic imine (C=N–C) groups is 1. The first kappa shape index (κ1) is 19.5. The summed E-state index contributed by atoms with van der Waals surface area (Å²) >= 11 is 1.66. The number of benzene rings is 3. The average Bonchev–Trinajstić information content (AvgIpc) is 3.13. The fraction of sp³-hybridized carbons (Fsp3) is 0.136. The molecule has 0 fully saturated rings. The molecule has 0 bridgehead atoms. The van der Waals surface area contributed by atoms with Crippen molar-refractivity contribution in [1.82, 2.24) is 5.32 Å². The molecule has 0 aromatic heterocycles. The standard InChI is InChI=1S/C22H19FN2S.ClH/c23-19-13-11-16(12-14-19)15-26-22-24-20(17-7-3-1-4-8-17)21(25-22)18-9-5-2-6-10-18;/h1-14,20-21H,15H2,(H,24,25);1H. The predicted octanol–water partition coefficient (Wildman–Crippen LogP) is 5.92. The van der Waals surface area contributed by atoms with Crippen LogP contribution in [0, 0.1) is 5.82 Å². The van der Waals surface area contributed by atoms with E-state index < -0.39 is 0 Å². The number of nitrogens with one attached hydrogen (secondary N) is 1. The van der Waals surface area contributed by atoms with Gasteiger partial charge in [-0.25, -0.2) is 4.39 Å². The Kier molecular flexibility index (Phi) is 6.54. The van der Waals surface area contributed by atoms with E-state index in [1.54, 1.807) is 11.8 Å². The number of nitrogens with zero attached hydrogens (tertiary/aromatic N) is 1. The predicted molar refractivity (Wildman–Crippen MR) is 114 cm³/mol. The summed E-state index contributed by atoms with van der Waals surface area (Å²) in [6.07, 6.45) is 0. The fourth-order valence-electron chi connectivity index (χ4n) is 3.10. The van der Waals surface area contributed by atoms with Gasteiger partial charge in [0.05, 0.1) is 6.04 Å². The van der Waals surface area contributed by atoms with Crippen LogP contribution in [0.4, 0.5) is 4.39 Å². The first-order valence-corrected chi connectivity index (χ1v) is 9.59. The summed E-state index contributed by atoms with van der Waals surface area (Å²) < 4.78 is 13.1. The van der Waals surface area contributed by atoms with Crippen LogP contribution in [0.3, 0.4) is 0 Å². The van der Waals surface area contributed by atoms with Gasteiger partial charge in [-0.3, -0.25) is 4.99 Å². The zero-order valence-corrected chi connectivity index (χ0v) is 16.2. The van der Waals surface area contributed by atoms with Crippen LogP contribution in [0.1, 0.15) is 28.8 Å². The van der Waals surface area contributed by atoms with Crippen molar-refractivity contribution in [2.75, 3.05) is 0 Å². The Morgan fingerprint density at radius 1 is 0.815 bits per heavy atom. The highest BCUT2D eigenvalue weighted by Gasteiger charge is 2.31. The first-order chi connectivity index (χ1) is 12.8. The lowest BCUT2D eigenvalue weighted by atomic mass is 9.95. The normalized spacial score (nSPS) is 18.3. The van der Waals surface area contributed by atoms with Crippen molar-refractivity contribution in [3.05, 3.63) is 107 Å². The monoisotopic (exact) mass is 398 g/mol. The Labute approximate surface area is 169 Å². The zero-order chi connectivity index (χ0) is 17.8. The molecule has 27 heavy (non-hydrogen) atoms. The van der Waals surface area contributed by atoms with Crippen LogP contribution < -0.4 is 5.32 Å². The minimum atomic E-state index is -0.205. The van der Waals surface area contributed by atoms with Crippen LogP contribution >= 0.6 is 24.2 Å². The number of rotatable bonds is 4. The number of hydrogen-bond donors (Lipinski definition) is 1. The second kappa shape index (κ2) is 9.07. The molecular formula is C22H20ClFN2S. The molecule has 0 aliphatic carbocycles. The highest BCUT2D eigenvalue weighted by molar-refractivity contribution is 8.13. The summed E-state index contributed by atoms with van der Waals surface area (Å²) in [5.41, 5.74) is 3.51. The highest BCUT2D eigenvalue weighted by Crippen LogP contribution is 2.37. The van der Waals surface area contributed by atoms with Crippen LogP contribution in [0.15, 0.2) is 89.9 Å². The molecule has 4 rings (SSSR count). The molecule has 0 radical (unpaired) electrons. The maximum Gasteiger partial charge on any atom is 0.158 e. The van der Waals surface area contributed by atoms with E-state index in [0.29, 0.717) is 0 Å². The third-order valence-electron chi connectivity index (χ3n) is 4.44. The summed E-state index contributed by atoms with van der Waals surface area (Å²) in [5.74, 6) is 0.554. The number of amidine groups is 1. The molecule has 2 atom stereocenters. The summed E-state index contributed by atoms with van der Waals surface area (Å²) in [7, 11) is 0. The molecule has 1 aliphatic rings. The van der Waals surface area contributed by atoms with Crippen molar-refractivity contribution in [2.45, 2.75) is 17.8 Å². The van der Waals surface area contributed by atoms with Gasteiger partial charge in [0.25, 0.3) is 0 Å². The second-order valence-electron chi connectivity index (χ2n) is 6.24. The lowest BCUT2D eigenvalue weighted by Gasteiger charge is -2.19. The molecule has 0 saturated heterocycles. The summed E-state index contributed by atoms with van der Waals surface area (Å²) in [5, 5.41) is 4.50. The molecule has 138 valence electrons. The molecule has 5 heteroatoms. The van der Waals surface area contributed by atoms with Crippen molar-refractivity contribution >= 4 is 29.3 Å². The molecule has 0 amide bonds. The van der Waals surface area contributed by atoms with E-state index in [1.165, 1.54) is 23.3 Å². The van der Waals surface area contributed by atoms with Crippen molar-refractivity contribution in [1.29, 1.82) is 0 Å². The van der Waals surface area contributed by atoms with Crippen LogP contribution in [0.5, 0.6) is 0 Å². The molecule has 2 unspecified atom stereocenters. The van der Waals surface area contributed by atoms with E-state index >= 15 is 0 Å². The Morgan fingerprint density at radius 3 is 2.04 bits per heavy atom. The second-order valence-corrected chi connectivity index (χ2v) is 7.20. The van der Waals surface area contributed by atoms with Gasteiger partial charge in [0, 0.05) is 5.75 Å². The number of hydrogen-bond acceptors (Lipinski definition) is 3. The maximum absolute atomic E-state index is 13.1. The van der Waals surface area contributed by atoms with E-state index in [4.69, 9.17) is 4.99 Å². The minimum Gasteiger partial charge on any atom is -0.356 e. The van der Waals surface area contributed by atoms with E-state index in [-0.39, 0.29) is 30.3 Å². The van der Waals surface area contributed by atoms with Gasteiger partial charge < -0.3 is 5.32 Å². The van der Waals surface area contributed by atoms with E-state index in [1.807, 2.05) is 24.3 Å². The van der Waals surface area contributed by atoms with Crippen molar-refractivity contribution in [2.24, 2.45) is 4.99 Å². The lowest BCUT2D eigenvalue weighted by molar-refractivity contribution is 0.573. The van der Waals surface area contributed by atoms with Crippen molar-refractivity contribution in [3.63, 3.8) is 0 Å². The Morgan fingerprint density at radius 2 is 1.41 bits per heavy atom. The van der Waals surface area contributed by atoms with Crippen LogP contribution in [0.25, 0.3) is 0 Å². The van der Waals surface area contributed by atoms with E-state index in [0.717, 1.165) is 16.5 Å². The largest absolute Gasteiger partial charge is 0.356 e. The van der Waals surface area contributed by atoms with Crippen LogP contribution in [-0.2, 0) is 5.75 Å². The van der Waals surface area contributed by atoms with Crippen molar-refractivity contribution < 1.29 is 4.39 Å². The smallest absolute Gasteiger partial charge is 0.158 e. The molecule has 3 aromatic rings. The average molecular weight is 399 g/mol. The Bertz CT molecular complexity index is 885. The molecule has 1 N–H and O–H groups in total. The molecule has 1 aliphatic heterocycles. The Hall–Kier alpha value is -2.30. The fourth-order valence-corrected chi connectivity index (χ4v) is 4.00. The molecule has 2 nitrogen and oxygen atoms in total. The van der Waals surface area contributed by atoms with Crippen molar-refractivity contribution in [3.8, 4) is 0 Å². The minimum absolute atomic E-state index is 0. The molecule has 3 aromatic carbocycles. The molecular weight excluding hydrogens is 379 g/mol. The lowest BCUT2D eigenvalue weighted by Crippen LogP contribution is -2.22. The summed E-state index contributed by atoms with van der Waals surface area (Å²) in [6.45, 7) is 0. The highest BCUT2D eigenvalue weighted by atomic mass is 35.5. The number of halogens is 2. The molecule has 0 saturated carbocycles. The van der Waals surface area contributed by atoms with Gasteiger partial charge in [-0.1, -0.05) is 84.6 Å². The zero-order valence-electron chi connectivity index (χ0n) is 14.6. The molecule has 0 spiro atoms. The maximum atomic E-state index is 13.1. The summed E-state index contributed by atoms with van der Waals surface area (Å²) in [4.78, 5) is 4.94. The van der Waals surface area contributed by atoms with E-state index in [2.05, 4.69) is 53.8 Å². The SMILES string of the molecule is Cl.Fc1ccc(CSC2=NC(c3ccccc3)C(c3ccccc3)N2)cc1. The first-order valence-electron chi connectivity index (χ1n) is 8.61. The van der Waals surface area contributed by atoms with Gasteiger partial charge in [0.2, 0.25) is 0 Å². The quantitative estimate of drug-likeness (QED) is 0.589. The summed E-state index contributed by atoms with van der Waals surface area (Å²) in [6, 6.07) is 27.6. The van der Waals surface area contributed by atoms with Gasteiger partial charge in [0.1, 0.15) is 11.9 Å². The Balaban J connectivity index is 0.00000210. The van der Waals surface area contributed by atoms with Gasteiger partial charge in [-0.05, 0) is 28.8 Å². The van der Waals surface area contributed by atoms with Crippen LogP contribution in [0.2, 0.25) is 0 Å². The molecule has 1 heterocycles. The van der Waals surface area contributed by atoms with Gasteiger partial charge in [0.15, 0.2) is 5.17 Å². The van der Waals surface area contributed by atoms with Gasteiger partial charge in [-0.15, -0.1) is 12.4 Å². The topological polar surface area (TPSA) is 24.4 Å². The third-order valence-corrected chi connectivity index (χ3v) is 5.41. The third kappa shape index (κ3) is 4.71. The van der Waals surface area contributed by atoms with E-state index in [9.17, 15) is 4.39 Å². The van der Waals surface area contributed by atoms with Gasteiger partial charge in [-0.2, -0.15) is 0 Å². The number of thioether (sulfide) groups is 1.